The number of carbonyl (C=O) groups excluding carboxylic acids is 1. The molecule has 0 atom stereocenters. The molecule has 2 rings (SSSR count). The summed E-state index contributed by atoms with van der Waals surface area (Å²) in [6.45, 7) is 1.77. The normalized spacial score (nSPS) is 10.4. The molecular weight excluding hydrogens is 240 g/mol. The average Bonchev–Trinajstić information content (AvgIpc) is 2.90. The van der Waals surface area contributed by atoms with E-state index in [1.807, 2.05) is 12.1 Å². The molecule has 0 radical (unpaired) electrons. The van der Waals surface area contributed by atoms with E-state index in [2.05, 4.69) is 10.5 Å². The highest BCUT2D eigenvalue weighted by atomic mass is 32.2. The lowest BCUT2D eigenvalue weighted by Crippen LogP contribution is -2.14. The molecule has 0 aliphatic carbocycles. The first kappa shape index (κ1) is 11.8. The van der Waals surface area contributed by atoms with E-state index in [4.69, 9.17) is 8.94 Å². The van der Waals surface area contributed by atoms with Crippen LogP contribution < -0.4 is 5.32 Å². The van der Waals surface area contributed by atoms with Crippen LogP contribution in [0.15, 0.2) is 33.4 Å². The van der Waals surface area contributed by atoms with E-state index in [1.165, 1.54) is 11.8 Å². The van der Waals surface area contributed by atoms with E-state index >= 15 is 0 Å². The number of aromatic nitrogens is 1. The number of nitrogens with one attached hydrogen (secondary N) is 1. The molecule has 1 amide bonds. The van der Waals surface area contributed by atoms with Gasteiger partial charge in [-0.2, -0.15) is 0 Å². The first-order valence-corrected chi connectivity index (χ1v) is 6.23. The maximum Gasteiger partial charge on any atom is 0.235 e. The van der Waals surface area contributed by atoms with Crippen LogP contribution in [0.25, 0.3) is 0 Å². The van der Waals surface area contributed by atoms with Gasteiger partial charge < -0.3 is 14.3 Å². The molecule has 2 heterocycles. The summed E-state index contributed by atoms with van der Waals surface area (Å²) in [6, 6.07) is 5.38. The van der Waals surface area contributed by atoms with Crippen molar-refractivity contribution in [2.45, 2.75) is 12.7 Å². The molecule has 0 spiro atoms. The second-order valence-corrected chi connectivity index (χ2v) is 4.43. The number of hydrogen-bond donors (Lipinski definition) is 1. The highest BCUT2D eigenvalue weighted by Gasteiger charge is 2.06. The SMILES string of the molecule is Cc1cc(NC(=O)CSCc2ccco2)no1. The molecule has 90 valence electrons. The van der Waals surface area contributed by atoms with Crippen molar-refractivity contribution in [1.29, 1.82) is 0 Å². The predicted molar refractivity (Wildman–Crippen MR) is 64.7 cm³/mol. The van der Waals surface area contributed by atoms with Crippen molar-refractivity contribution in [3.8, 4) is 0 Å². The third-order valence-electron chi connectivity index (χ3n) is 1.95. The summed E-state index contributed by atoms with van der Waals surface area (Å²) in [5, 5.41) is 6.33. The highest BCUT2D eigenvalue weighted by molar-refractivity contribution is 7.99. The van der Waals surface area contributed by atoms with Gasteiger partial charge in [0, 0.05) is 6.07 Å². The Balaban J connectivity index is 1.71. The molecule has 0 bridgehead atoms. The van der Waals surface area contributed by atoms with Crippen molar-refractivity contribution < 1.29 is 13.7 Å². The molecule has 0 aliphatic rings. The van der Waals surface area contributed by atoms with Gasteiger partial charge in [0.05, 0.1) is 17.8 Å². The Morgan fingerprint density at radius 3 is 3.12 bits per heavy atom. The van der Waals surface area contributed by atoms with Crippen molar-refractivity contribution in [2.24, 2.45) is 0 Å². The molecule has 0 aliphatic heterocycles. The van der Waals surface area contributed by atoms with Crippen LogP contribution in [0, 0.1) is 6.92 Å². The Hall–Kier alpha value is -1.69. The number of hydrogen-bond acceptors (Lipinski definition) is 5. The minimum absolute atomic E-state index is 0.102. The van der Waals surface area contributed by atoms with Gasteiger partial charge in [0.2, 0.25) is 5.91 Å². The monoisotopic (exact) mass is 252 g/mol. The Labute approximate surface area is 103 Å². The summed E-state index contributed by atoms with van der Waals surface area (Å²) < 4.78 is 10.00. The summed E-state index contributed by atoms with van der Waals surface area (Å²) >= 11 is 1.48. The quantitative estimate of drug-likeness (QED) is 0.885. The van der Waals surface area contributed by atoms with E-state index < -0.39 is 0 Å². The number of amides is 1. The van der Waals surface area contributed by atoms with Crippen LogP contribution in [0.1, 0.15) is 11.5 Å². The Bertz CT molecular complexity index is 479. The molecule has 1 N–H and O–H groups in total. The fourth-order valence-electron chi connectivity index (χ4n) is 1.24. The van der Waals surface area contributed by atoms with Gasteiger partial charge >= 0.3 is 0 Å². The molecule has 2 aromatic rings. The number of nitrogens with zero attached hydrogens (tertiary/aromatic N) is 1. The standard InChI is InChI=1S/C11H12N2O3S/c1-8-5-10(13-16-8)12-11(14)7-17-6-9-3-2-4-15-9/h2-5H,6-7H2,1H3,(H,12,13,14). The zero-order valence-electron chi connectivity index (χ0n) is 9.30. The topological polar surface area (TPSA) is 68.3 Å². The first-order chi connectivity index (χ1) is 8.24. The van der Waals surface area contributed by atoms with E-state index in [-0.39, 0.29) is 5.91 Å². The molecule has 6 heteroatoms. The van der Waals surface area contributed by atoms with E-state index in [0.29, 0.717) is 23.1 Å². The van der Waals surface area contributed by atoms with Gasteiger partial charge in [-0.3, -0.25) is 4.79 Å². The smallest absolute Gasteiger partial charge is 0.235 e. The summed E-state index contributed by atoms with van der Waals surface area (Å²) in [5.74, 6) is 2.91. The lowest BCUT2D eigenvalue weighted by molar-refractivity contribution is -0.113. The van der Waals surface area contributed by atoms with Crippen LogP contribution in [-0.4, -0.2) is 16.8 Å². The molecule has 0 fully saturated rings. The molecule has 5 nitrogen and oxygen atoms in total. The van der Waals surface area contributed by atoms with Crippen molar-refractivity contribution in [1.82, 2.24) is 5.16 Å². The molecular formula is C11H12N2O3S. The molecule has 0 unspecified atom stereocenters. The van der Waals surface area contributed by atoms with Crippen LogP contribution in [0.3, 0.4) is 0 Å². The van der Waals surface area contributed by atoms with Crippen LogP contribution in [0.2, 0.25) is 0 Å². The van der Waals surface area contributed by atoms with Crippen LogP contribution in [0.5, 0.6) is 0 Å². The molecule has 2 aromatic heterocycles. The number of furan rings is 1. The maximum atomic E-state index is 11.5. The fourth-order valence-corrected chi connectivity index (χ4v) is 1.97. The molecule has 17 heavy (non-hydrogen) atoms. The fraction of sp³-hybridized carbons (Fsp3) is 0.273. The van der Waals surface area contributed by atoms with Crippen molar-refractivity contribution >= 4 is 23.5 Å². The number of carbonyl (C=O) groups is 1. The Morgan fingerprint density at radius 2 is 2.47 bits per heavy atom. The minimum Gasteiger partial charge on any atom is -0.468 e. The highest BCUT2D eigenvalue weighted by Crippen LogP contribution is 2.13. The molecule has 0 saturated carbocycles. The second-order valence-electron chi connectivity index (χ2n) is 3.44. The summed E-state index contributed by atoms with van der Waals surface area (Å²) in [5.41, 5.74) is 0. The number of aryl methyl sites for hydroxylation is 1. The van der Waals surface area contributed by atoms with Gasteiger partial charge in [-0.1, -0.05) is 5.16 Å². The van der Waals surface area contributed by atoms with Gasteiger partial charge in [0.15, 0.2) is 5.82 Å². The average molecular weight is 252 g/mol. The summed E-state index contributed by atoms with van der Waals surface area (Å²) in [6.07, 6.45) is 1.62. The Kier molecular flexibility index (Phi) is 3.87. The first-order valence-electron chi connectivity index (χ1n) is 5.07. The van der Waals surface area contributed by atoms with E-state index in [1.54, 1.807) is 19.3 Å². The maximum absolute atomic E-state index is 11.5. The molecule has 0 aromatic carbocycles. The minimum atomic E-state index is -0.102. The molecule has 0 saturated heterocycles. The lowest BCUT2D eigenvalue weighted by atomic mass is 10.5. The third kappa shape index (κ3) is 3.67. The van der Waals surface area contributed by atoms with Crippen molar-refractivity contribution in [3.05, 3.63) is 36.0 Å². The van der Waals surface area contributed by atoms with Crippen molar-refractivity contribution in [2.75, 3.05) is 11.1 Å². The van der Waals surface area contributed by atoms with Crippen molar-refractivity contribution in [3.63, 3.8) is 0 Å². The van der Waals surface area contributed by atoms with Gasteiger partial charge in [0.1, 0.15) is 11.5 Å². The van der Waals surface area contributed by atoms with E-state index in [0.717, 1.165) is 5.76 Å². The van der Waals surface area contributed by atoms with Gasteiger partial charge in [-0.25, -0.2) is 0 Å². The van der Waals surface area contributed by atoms with Crippen LogP contribution in [-0.2, 0) is 10.5 Å². The zero-order valence-corrected chi connectivity index (χ0v) is 10.1. The zero-order chi connectivity index (χ0) is 12.1. The predicted octanol–water partition coefficient (Wildman–Crippen LogP) is 2.45. The van der Waals surface area contributed by atoms with E-state index in [9.17, 15) is 4.79 Å². The lowest BCUT2D eigenvalue weighted by Gasteiger charge is -1.99. The number of anilines is 1. The van der Waals surface area contributed by atoms with Crippen LogP contribution >= 0.6 is 11.8 Å². The van der Waals surface area contributed by atoms with Crippen LogP contribution in [0.4, 0.5) is 5.82 Å². The summed E-state index contributed by atoms with van der Waals surface area (Å²) in [4.78, 5) is 11.5. The van der Waals surface area contributed by atoms with Gasteiger partial charge in [-0.05, 0) is 19.1 Å². The number of rotatable bonds is 5. The van der Waals surface area contributed by atoms with Gasteiger partial charge in [0.25, 0.3) is 0 Å². The summed E-state index contributed by atoms with van der Waals surface area (Å²) in [7, 11) is 0. The second kappa shape index (κ2) is 5.58. The number of thioether (sulfide) groups is 1. The third-order valence-corrected chi connectivity index (χ3v) is 2.91. The Morgan fingerprint density at radius 1 is 1.59 bits per heavy atom. The largest absolute Gasteiger partial charge is 0.468 e. The van der Waals surface area contributed by atoms with Gasteiger partial charge in [-0.15, -0.1) is 11.8 Å².